The molecule has 0 unspecified atom stereocenters. The van der Waals surface area contributed by atoms with E-state index in [-0.39, 0.29) is 0 Å². The van der Waals surface area contributed by atoms with Gasteiger partial charge in [0, 0.05) is 4.90 Å². The molecule has 0 amide bonds. The quantitative estimate of drug-likeness (QED) is 0.691. The van der Waals surface area contributed by atoms with Crippen LogP contribution in [-0.4, -0.2) is 12.7 Å². The van der Waals surface area contributed by atoms with Gasteiger partial charge in [-0.05, 0) is 24.0 Å². The Kier molecular flexibility index (Phi) is 4.07. The molecule has 0 fully saturated rings. The van der Waals surface area contributed by atoms with Crippen LogP contribution in [0.4, 0.5) is 13.2 Å². The summed E-state index contributed by atoms with van der Waals surface area (Å²) < 4.78 is 36.4. The van der Waals surface area contributed by atoms with Gasteiger partial charge in [0.1, 0.15) is 0 Å². The Morgan fingerprint density at radius 2 is 2.00 bits per heavy atom. The van der Waals surface area contributed by atoms with Gasteiger partial charge in [0.2, 0.25) is 0 Å². The monoisotopic (exact) mass is 218 g/mol. The Balaban J connectivity index is 3.01. The van der Waals surface area contributed by atoms with Gasteiger partial charge in [-0.25, -0.2) is 13.2 Å². The van der Waals surface area contributed by atoms with Crippen LogP contribution in [0.25, 0.3) is 6.08 Å². The Labute approximate surface area is 84.8 Å². The SMILES string of the molecule is CSc1ccccc1/C=C(\F)C(F)F. The second-order valence-electron chi connectivity index (χ2n) is 2.57. The van der Waals surface area contributed by atoms with E-state index in [4.69, 9.17) is 0 Å². The zero-order valence-electron chi connectivity index (χ0n) is 7.51. The summed E-state index contributed by atoms with van der Waals surface area (Å²) in [6, 6.07) is 6.83. The van der Waals surface area contributed by atoms with Crippen molar-refractivity contribution in [1.82, 2.24) is 0 Å². The normalized spacial score (nSPS) is 12.2. The third-order valence-electron chi connectivity index (χ3n) is 1.64. The van der Waals surface area contributed by atoms with Crippen LogP contribution in [0.15, 0.2) is 35.0 Å². The van der Waals surface area contributed by atoms with E-state index >= 15 is 0 Å². The maximum absolute atomic E-state index is 12.6. The summed E-state index contributed by atoms with van der Waals surface area (Å²) in [5.41, 5.74) is 0.484. The topological polar surface area (TPSA) is 0 Å². The first-order valence-electron chi connectivity index (χ1n) is 3.93. The van der Waals surface area contributed by atoms with E-state index in [1.165, 1.54) is 11.8 Å². The largest absolute Gasteiger partial charge is 0.289 e. The molecule has 1 aromatic rings. The maximum atomic E-state index is 12.6. The molecule has 0 saturated carbocycles. The molecule has 14 heavy (non-hydrogen) atoms. The van der Waals surface area contributed by atoms with Crippen molar-refractivity contribution >= 4 is 17.8 Å². The molecule has 0 spiro atoms. The highest BCUT2D eigenvalue weighted by Gasteiger charge is 2.10. The van der Waals surface area contributed by atoms with Crippen LogP contribution in [-0.2, 0) is 0 Å². The number of hydrogen-bond acceptors (Lipinski definition) is 1. The predicted octanol–water partition coefficient (Wildman–Crippen LogP) is 3.98. The van der Waals surface area contributed by atoms with Crippen molar-refractivity contribution in [2.75, 3.05) is 6.26 Å². The van der Waals surface area contributed by atoms with Crippen LogP contribution >= 0.6 is 11.8 Å². The summed E-state index contributed by atoms with van der Waals surface area (Å²) >= 11 is 1.39. The summed E-state index contributed by atoms with van der Waals surface area (Å²) in [6.45, 7) is 0. The molecular formula is C10H9F3S. The highest BCUT2D eigenvalue weighted by atomic mass is 32.2. The fourth-order valence-electron chi connectivity index (χ4n) is 0.997. The van der Waals surface area contributed by atoms with Crippen molar-refractivity contribution < 1.29 is 13.2 Å². The summed E-state index contributed by atoms with van der Waals surface area (Å²) in [7, 11) is 0. The molecule has 0 bridgehead atoms. The molecule has 0 radical (unpaired) electrons. The average molecular weight is 218 g/mol. The first-order valence-corrected chi connectivity index (χ1v) is 5.16. The van der Waals surface area contributed by atoms with Gasteiger partial charge in [-0.15, -0.1) is 11.8 Å². The molecular weight excluding hydrogens is 209 g/mol. The third kappa shape index (κ3) is 2.80. The standard InChI is InChI=1S/C10H9F3S/c1-14-9-5-3-2-4-7(9)6-8(11)10(12)13/h2-6,10H,1H3/b8-6-. The predicted molar refractivity (Wildman–Crippen MR) is 53.3 cm³/mol. The minimum absolute atomic E-state index is 0.484. The van der Waals surface area contributed by atoms with E-state index in [2.05, 4.69) is 0 Å². The van der Waals surface area contributed by atoms with Crippen LogP contribution in [0.5, 0.6) is 0 Å². The van der Waals surface area contributed by atoms with Gasteiger partial charge >= 0.3 is 0 Å². The van der Waals surface area contributed by atoms with Crippen LogP contribution in [0.3, 0.4) is 0 Å². The zero-order chi connectivity index (χ0) is 10.6. The average Bonchev–Trinajstić information content (AvgIpc) is 2.18. The molecule has 0 aromatic heterocycles. The van der Waals surface area contributed by atoms with Gasteiger partial charge < -0.3 is 0 Å². The highest BCUT2D eigenvalue weighted by Crippen LogP contribution is 2.24. The lowest BCUT2D eigenvalue weighted by Gasteiger charge is -2.02. The molecule has 0 saturated heterocycles. The van der Waals surface area contributed by atoms with Crippen LogP contribution in [0, 0.1) is 0 Å². The van der Waals surface area contributed by atoms with E-state index in [0.717, 1.165) is 11.0 Å². The molecule has 76 valence electrons. The molecule has 4 heteroatoms. The van der Waals surface area contributed by atoms with Crippen molar-refractivity contribution in [3.63, 3.8) is 0 Å². The van der Waals surface area contributed by atoms with Gasteiger partial charge in [0.15, 0.2) is 5.83 Å². The summed E-state index contributed by atoms with van der Waals surface area (Å²) in [5, 5.41) is 0. The molecule has 0 aliphatic carbocycles. The Morgan fingerprint density at radius 1 is 1.36 bits per heavy atom. The number of hydrogen-bond donors (Lipinski definition) is 0. The lowest BCUT2D eigenvalue weighted by atomic mass is 10.2. The summed E-state index contributed by atoms with van der Waals surface area (Å²) in [5.74, 6) is -1.40. The fraction of sp³-hybridized carbons (Fsp3) is 0.200. The zero-order valence-corrected chi connectivity index (χ0v) is 8.32. The number of benzene rings is 1. The van der Waals surface area contributed by atoms with Crippen LogP contribution in [0.1, 0.15) is 5.56 Å². The first kappa shape index (κ1) is 11.2. The van der Waals surface area contributed by atoms with Gasteiger partial charge in [-0.3, -0.25) is 0 Å². The minimum Gasteiger partial charge on any atom is -0.205 e. The second-order valence-corrected chi connectivity index (χ2v) is 3.42. The lowest BCUT2D eigenvalue weighted by Crippen LogP contribution is -1.90. The van der Waals surface area contributed by atoms with Crippen molar-refractivity contribution in [1.29, 1.82) is 0 Å². The van der Waals surface area contributed by atoms with E-state index in [0.29, 0.717) is 5.56 Å². The molecule has 0 N–H and O–H groups in total. The Hall–Kier alpha value is -0.900. The number of rotatable bonds is 3. The van der Waals surface area contributed by atoms with Gasteiger partial charge in [0.25, 0.3) is 6.43 Å². The van der Waals surface area contributed by atoms with Crippen molar-refractivity contribution in [2.24, 2.45) is 0 Å². The van der Waals surface area contributed by atoms with Crippen molar-refractivity contribution in [3.05, 3.63) is 35.7 Å². The van der Waals surface area contributed by atoms with Crippen LogP contribution < -0.4 is 0 Å². The summed E-state index contributed by atoms with van der Waals surface area (Å²) in [4.78, 5) is 0.781. The maximum Gasteiger partial charge on any atom is 0.289 e. The molecule has 0 aliphatic rings. The molecule has 0 heterocycles. The number of halogens is 3. The van der Waals surface area contributed by atoms with E-state index in [1.54, 1.807) is 24.3 Å². The first-order chi connectivity index (χ1) is 6.65. The molecule has 1 aromatic carbocycles. The van der Waals surface area contributed by atoms with Gasteiger partial charge in [-0.2, -0.15) is 0 Å². The molecule has 0 atom stereocenters. The Morgan fingerprint density at radius 3 is 2.57 bits per heavy atom. The van der Waals surface area contributed by atoms with Crippen molar-refractivity contribution in [2.45, 2.75) is 11.3 Å². The fourth-order valence-corrected chi connectivity index (χ4v) is 1.57. The molecule has 1 rings (SSSR count). The Bertz CT molecular complexity index is 334. The van der Waals surface area contributed by atoms with E-state index < -0.39 is 12.3 Å². The molecule has 0 aliphatic heterocycles. The molecule has 0 nitrogen and oxygen atoms in total. The van der Waals surface area contributed by atoms with Gasteiger partial charge in [0.05, 0.1) is 0 Å². The third-order valence-corrected chi connectivity index (χ3v) is 2.45. The van der Waals surface area contributed by atoms with E-state index in [9.17, 15) is 13.2 Å². The smallest absolute Gasteiger partial charge is 0.205 e. The number of allylic oxidation sites excluding steroid dienone is 1. The van der Waals surface area contributed by atoms with Crippen LogP contribution in [0.2, 0.25) is 0 Å². The van der Waals surface area contributed by atoms with E-state index in [1.807, 2.05) is 6.26 Å². The summed E-state index contributed by atoms with van der Waals surface area (Å²) in [6.07, 6.45) is -0.353. The number of thioether (sulfide) groups is 1. The highest BCUT2D eigenvalue weighted by molar-refractivity contribution is 7.98. The van der Waals surface area contributed by atoms with Gasteiger partial charge in [-0.1, -0.05) is 18.2 Å². The van der Waals surface area contributed by atoms with Crippen molar-refractivity contribution in [3.8, 4) is 0 Å². The number of alkyl halides is 2. The second kappa shape index (κ2) is 5.10. The lowest BCUT2D eigenvalue weighted by molar-refractivity contribution is 0.161. The minimum atomic E-state index is -3.04.